The van der Waals surface area contributed by atoms with Crippen LogP contribution in [-0.2, 0) is 10.1 Å². The van der Waals surface area contributed by atoms with Crippen LogP contribution in [0, 0.1) is 17.0 Å². The topological polar surface area (TPSA) is 110 Å². The summed E-state index contributed by atoms with van der Waals surface area (Å²) in [5, 5.41) is 10.9. The molecule has 0 atom stereocenters. The van der Waals surface area contributed by atoms with Gasteiger partial charge in [0.2, 0.25) is 0 Å². The predicted molar refractivity (Wildman–Crippen MR) is 127 cm³/mol. The molecule has 0 spiro atoms. The SMILES string of the molecule is Cc1cccc(N2CCN(C(=O)c3ccc(OS(=O)(=O)c4cccc([N+](=O)[O-])c4)cc3)CC2)c1. The van der Waals surface area contributed by atoms with Crippen LogP contribution in [0.5, 0.6) is 5.75 Å². The van der Waals surface area contributed by atoms with Crippen LogP contribution in [0.4, 0.5) is 11.4 Å². The fourth-order valence-corrected chi connectivity index (χ4v) is 4.73. The number of nitro groups is 1. The van der Waals surface area contributed by atoms with Gasteiger partial charge in [0.1, 0.15) is 10.6 Å². The molecule has 9 nitrogen and oxygen atoms in total. The average Bonchev–Trinajstić information content (AvgIpc) is 2.84. The van der Waals surface area contributed by atoms with E-state index in [9.17, 15) is 23.3 Å². The number of nitrogens with zero attached hydrogens (tertiary/aromatic N) is 3. The van der Waals surface area contributed by atoms with Crippen LogP contribution in [0.15, 0.2) is 77.7 Å². The number of hydrogen-bond donors (Lipinski definition) is 0. The van der Waals surface area contributed by atoms with Crippen LogP contribution in [0.1, 0.15) is 15.9 Å². The summed E-state index contributed by atoms with van der Waals surface area (Å²) in [5.41, 5.74) is 2.39. The van der Waals surface area contributed by atoms with Gasteiger partial charge in [0.15, 0.2) is 0 Å². The summed E-state index contributed by atoms with van der Waals surface area (Å²) in [6.07, 6.45) is 0. The number of carbonyl (C=O) groups is 1. The van der Waals surface area contributed by atoms with E-state index >= 15 is 0 Å². The molecule has 0 aliphatic carbocycles. The molecule has 1 amide bonds. The normalized spacial score (nSPS) is 14.0. The molecule has 0 bridgehead atoms. The number of non-ortho nitro benzene ring substituents is 1. The van der Waals surface area contributed by atoms with Crippen molar-refractivity contribution >= 4 is 27.4 Å². The highest BCUT2D eigenvalue weighted by atomic mass is 32.2. The van der Waals surface area contributed by atoms with Gasteiger partial charge in [-0.1, -0.05) is 18.2 Å². The van der Waals surface area contributed by atoms with Crippen LogP contribution >= 0.6 is 0 Å². The van der Waals surface area contributed by atoms with E-state index < -0.39 is 15.0 Å². The van der Waals surface area contributed by atoms with Crippen molar-refractivity contribution in [2.24, 2.45) is 0 Å². The van der Waals surface area contributed by atoms with Gasteiger partial charge in [-0.2, -0.15) is 8.42 Å². The Labute approximate surface area is 197 Å². The van der Waals surface area contributed by atoms with Gasteiger partial charge in [-0.25, -0.2) is 0 Å². The third kappa shape index (κ3) is 5.18. The second-order valence-electron chi connectivity index (χ2n) is 7.93. The number of benzene rings is 3. The standard InChI is InChI=1S/C24H23N3O6S/c1-18-4-2-5-20(16-18)25-12-14-26(15-13-25)24(28)19-8-10-22(11-9-19)33-34(31,32)23-7-3-6-21(17-23)27(29)30/h2-11,16-17H,12-15H2,1H3. The van der Waals surface area contributed by atoms with Gasteiger partial charge < -0.3 is 14.0 Å². The van der Waals surface area contributed by atoms with Crippen molar-refractivity contribution < 1.29 is 22.3 Å². The fraction of sp³-hybridized carbons (Fsp3) is 0.208. The molecule has 176 valence electrons. The van der Waals surface area contributed by atoms with Crippen molar-refractivity contribution in [3.8, 4) is 5.75 Å². The summed E-state index contributed by atoms with van der Waals surface area (Å²) in [4.78, 5) is 26.8. The van der Waals surface area contributed by atoms with E-state index in [2.05, 4.69) is 17.0 Å². The molecular formula is C24H23N3O6S. The first kappa shape index (κ1) is 23.2. The third-order valence-electron chi connectivity index (χ3n) is 5.56. The first-order valence-corrected chi connectivity index (χ1v) is 12.0. The van der Waals surface area contributed by atoms with Crippen LogP contribution in [0.25, 0.3) is 0 Å². The molecule has 1 saturated heterocycles. The summed E-state index contributed by atoms with van der Waals surface area (Å²) < 4.78 is 30.1. The van der Waals surface area contributed by atoms with Gasteiger partial charge >= 0.3 is 10.1 Å². The summed E-state index contributed by atoms with van der Waals surface area (Å²) >= 11 is 0. The molecule has 1 fully saturated rings. The summed E-state index contributed by atoms with van der Waals surface area (Å²) in [5.74, 6) is -0.135. The first-order valence-electron chi connectivity index (χ1n) is 10.6. The molecular weight excluding hydrogens is 458 g/mol. The Balaban J connectivity index is 1.39. The second-order valence-corrected chi connectivity index (χ2v) is 9.48. The Bertz CT molecular complexity index is 1320. The van der Waals surface area contributed by atoms with Gasteiger partial charge in [0.05, 0.1) is 4.92 Å². The Morgan fingerprint density at radius 2 is 1.62 bits per heavy atom. The van der Waals surface area contributed by atoms with E-state index in [0.717, 1.165) is 24.8 Å². The molecule has 34 heavy (non-hydrogen) atoms. The molecule has 10 heteroatoms. The van der Waals surface area contributed by atoms with Crippen LogP contribution in [0.3, 0.4) is 0 Å². The van der Waals surface area contributed by atoms with E-state index in [-0.39, 0.29) is 22.2 Å². The average molecular weight is 482 g/mol. The highest BCUT2D eigenvalue weighted by molar-refractivity contribution is 7.87. The lowest BCUT2D eigenvalue weighted by molar-refractivity contribution is -0.385. The molecule has 0 unspecified atom stereocenters. The van der Waals surface area contributed by atoms with Crippen molar-refractivity contribution in [3.63, 3.8) is 0 Å². The van der Waals surface area contributed by atoms with Crippen LogP contribution in [-0.4, -0.2) is 50.3 Å². The number of rotatable bonds is 6. The second kappa shape index (κ2) is 9.52. The molecule has 0 N–H and O–H groups in total. The highest BCUT2D eigenvalue weighted by Gasteiger charge is 2.23. The third-order valence-corrected chi connectivity index (χ3v) is 6.80. The summed E-state index contributed by atoms with van der Waals surface area (Å²) in [6, 6.07) is 18.7. The Morgan fingerprint density at radius 1 is 0.941 bits per heavy atom. The highest BCUT2D eigenvalue weighted by Crippen LogP contribution is 2.23. The maximum atomic E-state index is 12.9. The number of amides is 1. The molecule has 1 aliphatic heterocycles. The quantitative estimate of drug-likeness (QED) is 0.300. The van der Waals surface area contributed by atoms with Gasteiger partial charge in [-0.05, 0) is 55.0 Å². The molecule has 0 saturated carbocycles. The fourth-order valence-electron chi connectivity index (χ4n) is 3.76. The Kier molecular flexibility index (Phi) is 6.51. The van der Waals surface area contributed by atoms with Gasteiger partial charge in [-0.15, -0.1) is 0 Å². The Morgan fingerprint density at radius 3 is 2.26 bits per heavy atom. The monoisotopic (exact) mass is 481 g/mol. The maximum Gasteiger partial charge on any atom is 0.339 e. The summed E-state index contributed by atoms with van der Waals surface area (Å²) in [7, 11) is -4.26. The smallest absolute Gasteiger partial charge is 0.339 e. The van der Waals surface area contributed by atoms with Gasteiger partial charge in [0, 0.05) is 49.6 Å². The molecule has 1 aliphatic rings. The molecule has 0 radical (unpaired) electrons. The van der Waals surface area contributed by atoms with E-state index in [1.165, 1.54) is 48.0 Å². The minimum atomic E-state index is -4.26. The van der Waals surface area contributed by atoms with E-state index in [1.54, 1.807) is 4.90 Å². The van der Waals surface area contributed by atoms with Crippen LogP contribution < -0.4 is 9.08 Å². The van der Waals surface area contributed by atoms with Crippen molar-refractivity contribution in [3.05, 3.63) is 94.0 Å². The molecule has 3 aromatic carbocycles. The number of nitro benzene ring substituents is 1. The first-order chi connectivity index (χ1) is 16.2. The van der Waals surface area contributed by atoms with Crippen molar-refractivity contribution in [1.82, 2.24) is 4.90 Å². The largest absolute Gasteiger partial charge is 0.379 e. The van der Waals surface area contributed by atoms with E-state index in [4.69, 9.17) is 4.18 Å². The van der Waals surface area contributed by atoms with E-state index in [0.29, 0.717) is 18.7 Å². The molecule has 3 aromatic rings. The number of carbonyl (C=O) groups excluding carboxylic acids is 1. The summed E-state index contributed by atoms with van der Waals surface area (Å²) in [6.45, 7) is 4.64. The molecule has 0 aromatic heterocycles. The van der Waals surface area contributed by atoms with Crippen LogP contribution in [0.2, 0.25) is 0 Å². The number of aryl methyl sites for hydroxylation is 1. The lowest BCUT2D eigenvalue weighted by Crippen LogP contribution is -2.48. The zero-order chi connectivity index (χ0) is 24.3. The lowest BCUT2D eigenvalue weighted by atomic mass is 10.1. The maximum absolute atomic E-state index is 12.9. The zero-order valence-corrected chi connectivity index (χ0v) is 19.3. The lowest BCUT2D eigenvalue weighted by Gasteiger charge is -2.36. The molecule has 1 heterocycles. The number of piperazine rings is 1. The number of anilines is 1. The van der Waals surface area contributed by atoms with Crippen molar-refractivity contribution in [1.29, 1.82) is 0 Å². The number of hydrogen-bond acceptors (Lipinski definition) is 7. The van der Waals surface area contributed by atoms with Crippen molar-refractivity contribution in [2.75, 3.05) is 31.1 Å². The zero-order valence-electron chi connectivity index (χ0n) is 18.5. The van der Waals surface area contributed by atoms with Gasteiger partial charge in [0.25, 0.3) is 11.6 Å². The minimum absolute atomic E-state index is 0.00678. The molecule has 4 rings (SSSR count). The van der Waals surface area contributed by atoms with E-state index in [1.807, 2.05) is 19.1 Å². The van der Waals surface area contributed by atoms with Gasteiger partial charge in [-0.3, -0.25) is 14.9 Å². The minimum Gasteiger partial charge on any atom is -0.379 e. The Hall–Kier alpha value is -3.92. The predicted octanol–water partition coefficient (Wildman–Crippen LogP) is 3.63. The van der Waals surface area contributed by atoms with Crippen molar-refractivity contribution in [2.45, 2.75) is 11.8 Å².